The Labute approximate surface area is 242 Å². The van der Waals surface area contributed by atoms with Crippen molar-refractivity contribution < 1.29 is 14.4 Å². The summed E-state index contributed by atoms with van der Waals surface area (Å²) in [6.45, 7) is 8.62. The Morgan fingerprint density at radius 1 is 1.05 bits per heavy atom. The number of nitro groups is 1. The van der Waals surface area contributed by atoms with E-state index in [1.807, 2.05) is 44.2 Å². The maximum atomic E-state index is 13.8. The number of rotatable bonds is 9. The Kier molecular flexibility index (Phi) is 8.05. The highest BCUT2D eigenvalue weighted by Gasteiger charge is 2.19. The van der Waals surface area contributed by atoms with Crippen molar-refractivity contribution in [2.75, 3.05) is 6.61 Å². The number of aromatic nitrogens is 3. The molecular formula is C32H29N5O5. The zero-order chi connectivity index (χ0) is 29.8. The predicted molar refractivity (Wildman–Crippen MR) is 162 cm³/mol. The van der Waals surface area contributed by atoms with Gasteiger partial charge in [-0.2, -0.15) is 9.78 Å². The number of aryl methyl sites for hydroxylation is 1. The van der Waals surface area contributed by atoms with Crippen molar-refractivity contribution in [1.82, 2.24) is 14.6 Å². The van der Waals surface area contributed by atoms with Gasteiger partial charge in [0.05, 0.1) is 28.6 Å². The van der Waals surface area contributed by atoms with Gasteiger partial charge in [0.2, 0.25) is 5.88 Å². The van der Waals surface area contributed by atoms with E-state index < -0.39 is 4.92 Å². The molecule has 3 aromatic carbocycles. The van der Waals surface area contributed by atoms with Crippen molar-refractivity contribution in [3.05, 3.63) is 116 Å². The molecule has 0 saturated heterocycles. The van der Waals surface area contributed by atoms with Gasteiger partial charge in [0, 0.05) is 23.3 Å². The number of fused-ring (bicyclic) bond motifs is 1. The average Bonchev–Trinajstić information content (AvgIpc) is 2.98. The maximum absolute atomic E-state index is 13.8. The summed E-state index contributed by atoms with van der Waals surface area (Å²) in [5.41, 5.74) is 3.33. The number of hydrogen-bond donors (Lipinski definition) is 0. The van der Waals surface area contributed by atoms with Gasteiger partial charge in [-0.05, 0) is 67.3 Å². The molecule has 0 aliphatic heterocycles. The third-order valence-corrected chi connectivity index (χ3v) is 6.65. The maximum Gasteiger partial charge on any atom is 0.287 e. The molecule has 5 aromatic rings. The molecule has 10 nitrogen and oxygen atoms in total. The number of pyridine rings is 1. The fourth-order valence-corrected chi connectivity index (χ4v) is 4.53. The second kappa shape index (κ2) is 12.0. The van der Waals surface area contributed by atoms with Gasteiger partial charge in [0.15, 0.2) is 5.82 Å². The molecule has 2 heterocycles. The van der Waals surface area contributed by atoms with E-state index in [0.717, 1.165) is 28.6 Å². The van der Waals surface area contributed by atoms with Gasteiger partial charge in [-0.3, -0.25) is 14.9 Å². The Morgan fingerprint density at radius 2 is 1.81 bits per heavy atom. The van der Waals surface area contributed by atoms with E-state index in [0.29, 0.717) is 34.6 Å². The first kappa shape index (κ1) is 28.2. The van der Waals surface area contributed by atoms with Crippen LogP contribution in [0, 0.1) is 17.0 Å². The normalized spacial score (nSPS) is 11.4. The quantitative estimate of drug-likeness (QED) is 0.109. The summed E-state index contributed by atoms with van der Waals surface area (Å²) in [6, 6.07) is 21.0. The predicted octanol–water partition coefficient (Wildman–Crippen LogP) is 6.87. The average molecular weight is 564 g/mol. The van der Waals surface area contributed by atoms with Crippen LogP contribution in [0.3, 0.4) is 0 Å². The summed E-state index contributed by atoms with van der Waals surface area (Å²) in [5.74, 6) is 1.96. The second-order valence-electron chi connectivity index (χ2n) is 9.86. The minimum absolute atomic E-state index is 0.141. The van der Waals surface area contributed by atoms with Crippen molar-refractivity contribution in [1.29, 1.82) is 0 Å². The van der Waals surface area contributed by atoms with Crippen LogP contribution in [-0.4, -0.2) is 32.4 Å². The van der Waals surface area contributed by atoms with Gasteiger partial charge in [-0.15, -0.1) is 0 Å². The van der Waals surface area contributed by atoms with Crippen LogP contribution >= 0.6 is 0 Å². The van der Waals surface area contributed by atoms with Crippen molar-refractivity contribution in [3.63, 3.8) is 0 Å². The summed E-state index contributed by atoms with van der Waals surface area (Å²) >= 11 is 0. The van der Waals surface area contributed by atoms with E-state index in [1.54, 1.807) is 30.3 Å². The first-order chi connectivity index (χ1) is 20.3. The fourth-order valence-electron chi connectivity index (χ4n) is 4.53. The van der Waals surface area contributed by atoms with Crippen LogP contribution in [0.15, 0.2) is 88.9 Å². The van der Waals surface area contributed by atoms with Gasteiger partial charge >= 0.3 is 0 Å². The molecule has 0 amide bonds. The zero-order valence-electron chi connectivity index (χ0n) is 23.6. The standard InChI is InChI=1S/C32H29N5O5/c1-5-41-29-16-21(4)26(17-25(29)20(2)3)31-35-27-12-8-7-11-24(27)32(38)36(31)34-18-22-10-6-9-13-28(22)42-30-15-14-23(19-33-30)37(39)40/h6-20H,5H2,1-4H3. The molecule has 0 radical (unpaired) electrons. The van der Waals surface area contributed by atoms with Crippen LogP contribution in [0.1, 0.15) is 43.4 Å². The van der Waals surface area contributed by atoms with Crippen molar-refractivity contribution in [2.24, 2.45) is 5.10 Å². The lowest BCUT2D eigenvalue weighted by Gasteiger charge is -2.18. The smallest absolute Gasteiger partial charge is 0.287 e. The number of para-hydroxylation sites is 2. The van der Waals surface area contributed by atoms with E-state index in [2.05, 4.69) is 23.9 Å². The summed E-state index contributed by atoms with van der Waals surface area (Å²) in [6.07, 6.45) is 2.65. The van der Waals surface area contributed by atoms with E-state index in [-0.39, 0.29) is 23.0 Å². The van der Waals surface area contributed by atoms with Gasteiger partial charge in [-0.25, -0.2) is 9.97 Å². The van der Waals surface area contributed by atoms with Crippen LogP contribution in [0.4, 0.5) is 5.69 Å². The largest absolute Gasteiger partial charge is 0.494 e. The molecule has 0 unspecified atom stereocenters. The zero-order valence-corrected chi connectivity index (χ0v) is 23.6. The lowest BCUT2D eigenvalue weighted by molar-refractivity contribution is -0.385. The third-order valence-electron chi connectivity index (χ3n) is 6.65. The van der Waals surface area contributed by atoms with E-state index in [1.165, 1.54) is 23.0 Å². The van der Waals surface area contributed by atoms with Crippen LogP contribution in [0.2, 0.25) is 0 Å². The minimum Gasteiger partial charge on any atom is -0.494 e. The van der Waals surface area contributed by atoms with Crippen LogP contribution in [0.25, 0.3) is 22.3 Å². The molecule has 0 aliphatic rings. The molecule has 0 spiro atoms. The highest BCUT2D eigenvalue weighted by atomic mass is 16.6. The first-order valence-corrected chi connectivity index (χ1v) is 13.5. The van der Waals surface area contributed by atoms with Gasteiger partial charge in [-0.1, -0.05) is 38.1 Å². The molecule has 5 rings (SSSR count). The van der Waals surface area contributed by atoms with Gasteiger partial charge in [0.1, 0.15) is 17.7 Å². The summed E-state index contributed by atoms with van der Waals surface area (Å²) in [4.78, 5) is 33.1. The lowest BCUT2D eigenvalue weighted by atomic mass is 9.96. The summed E-state index contributed by atoms with van der Waals surface area (Å²) in [5, 5.41) is 16.0. The minimum atomic E-state index is -0.527. The van der Waals surface area contributed by atoms with Crippen molar-refractivity contribution >= 4 is 22.8 Å². The molecule has 0 saturated carbocycles. The van der Waals surface area contributed by atoms with Crippen molar-refractivity contribution in [3.8, 4) is 28.8 Å². The Bertz CT molecular complexity index is 1860. The molecule has 10 heteroatoms. The molecule has 0 aliphatic carbocycles. The highest BCUT2D eigenvalue weighted by Crippen LogP contribution is 2.34. The molecule has 0 N–H and O–H groups in total. The van der Waals surface area contributed by atoms with Gasteiger partial charge in [0.25, 0.3) is 11.2 Å². The SMILES string of the molecule is CCOc1cc(C)c(-c2nc3ccccc3c(=O)n2N=Cc2ccccc2Oc2ccc([N+](=O)[O-])cn2)cc1C(C)C. The van der Waals surface area contributed by atoms with Crippen LogP contribution in [0.5, 0.6) is 17.4 Å². The third kappa shape index (κ3) is 5.73. The Hall–Kier alpha value is -5.38. The molecule has 42 heavy (non-hydrogen) atoms. The van der Waals surface area contributed by atoms with Crippen molar-refractivity contribution in [2.45, 2.75) is 33.6 Å². The number of ether oxygens (including phenoxy) is 2. The Morgan fingerprint density at radius 3 is 2.52 bits per heavy atom. The van der Waals surface area contributed by atoms with E-state index in [9.17, 15) is 14.9 Å². The fraction of sp³-hybridized carbons (Fsp3) is 0.188. The van der Waals surface area contributed by atoms with Gasteiger partial charge < -0.3 is 9.47 Å². The first-order valence-electron chi connectivity index (χ1n) is 13.5. The van der Waals surface area contributed by atoms with Crippen LogP contribution in [-0.2, 0) is 0 Å². The lowest BCUT2D eigenvalue weighted by Crippen LogP contribution is -2.21. The highest BCUT2D eigenvalue weighted by molar-refractivity contribution is 5.85. The number of benzene rings is 3. The van der Waals surface area contributed by atoms with Crippen LogP contribution < -0.4 is 15.0 Å². The summed E-state index contributed by atoms with van der Waals surface area (Å²) in [7, 11) is 0. The summed E-state index contributed by atoms with van der Waals surface area (Å²) < 4.78 is 13.1. The molecule has 212 valence electrons. The molecule has 0 bridgehead atoms. The Balaban J connectivity index is 1.63. The number of nitrogens with zero attached hydrogens (tertiary/aromatic N) is 5. The second-order valence-corrected chi connectivity index (χ2v) is 9.86. The molecular weight excluding hydrogens is 534 g/mol. The monoisotopic (exact) mass is 563 g/mol. The molecule has 0 atom stereocenters. The number of hydrogen-bond acceptors (Lipinski definition) is 8. The molecule has 2 aromatic heterocycles. The van der Waals surface area contributed by atoms with E-state index in [4.69, 9.17) is 14.5 Å². The van der Waals surface area contributed by atoms with E-state index >= 15 is 0 Å². The molecule has 0 fully saturated rings. The topological polar surface area (TPSA) is 122 Å².